The molecule has 10 heteroatoms. The Morgan fingerprint density at radius 3 is 2.79 bits per heavy atom. The van der Waals surface area contributed by atoms with Crippen molar-refractivity contribution in [1.29, 1.82) is 0 Å². The van der Waals surface area contributed by atoms with Gasteiger partial charge in [-0.2, -0.15) is 0 Å². The zero-order valence-corrected chi connectivity index (χ0v) is 17.2. The fourth-order valence-electron chi connectivity index (χ4n) is 3.80. The van der Waals surface area contributed by atoms with Crippen molar-refractivity contribution in [3.8, 4) is 11.6 Å². The van der Waals surface area contributed by atoms with Crippen LogP contribution in [0.1, 0.15) is 16.8 Å². The van der Waals surface area contributed by atoms with E-state index in [-0.39, 0.29) is 24.5 Å². The van der Waals surface area contributed by atoms with E-state index < -0.39 is 30.2 Å². The van der Waals surface area contributed by atoms with E-state index in [1.807, 2.05) is 12.1 Å². The quantitative estimate of drug-likeness (QED) is 0.469. The molecule has 1 fully saturated rings. The van der Waals surface area contributed by atoms with Gasteiger partial charge >= 0.3 is 0 Å². The lowest BCUT2D eigenvalue weighted by Crippen LogP contribution is -2.55. The minimum absolute atomic E-state index is 0.0216. The number of halogens is 3. The van der Waals surface area contributed by atoms with Crippen molar-refractivity contribution in [2.75, 3.05) is 13.1 Å². The maximum absolute atomic E-state index is 14.7. The molecular weight excluding hydrogens is 435 g/mol. The van der Waals surface area contributed by atoms with Crippen LogP contribution in [0.5, 0.6) is 5.88 Å². The van der Waals surface area contributed by atoms with E-state index in [9.17, 15) is 18.0 Å². The molecule has 1 aliphatic heterocycles. The highest BCUT2D eigenvalue weighted by atomic mass is 19.3. The number of hydrogen-bond donors (Lipinski definition) is 0. The number of pyridine rings is 1. The maximum atomic E-state index is 14.7. The van der Waals surface area contributed by atoms with E-state index in [1.165, 1.54) is 40.2 Å². The molecule has 0 bridgehead atoms. The van der Waals surface area contributed by atoms with E-state index in [1.54, 1.807) is 18.2 Å². The first-order valence-corrected chi connectivity index (χ1v) is 10.3. The van der Waals surface area contributed by atoms with Gasteiger partial charge in [-0.1, -0.05) is 23.4 Å². The predicted octanol–water partition coefficient (Wildman–Crippen LogP) is 3.88. The van der Waals surface area contributed by atoms with Crippen molar-refractivity contribution in [1.82, 2.24) is 24.9 Å². The molecule has 2 aromatic heterocycles. The average molecular weight is 453 g/mol. The smallest absolute Gasteiger partial charge is 0.287 e. The molecule has 1 aliphatic rings. The zero-order valence-electron chi connectivity index (χ0n) is 17.2. The molecule has 0 aliphatic carbocycles. The lowest BCUT2D eigenvalue weighted by atomic mass is 10.0. The molecule has 1 atom stereocenters. The summed E-state index contributed by atoms with van der Waals surface area (Å²) in [7, 11) is 0. The molecule has 2 aromatic carbocycles. The Bertz CT molecular complexity index is 1310. The zero-order chi connectivity index (χ0) is 23.0. The normalized spacial score (nSPS) is 17.8. The van der Waals surface area contributed by atoms with Crippen LogP contribution in [0, 0.1) is 5.82 Å². The van der Waals surface area contributed by atoms with E-state index in [4.69, 9.17) is 4.74 Å². The monoisotopic (exact) mass is 453 g/mol. The van der Waals surface area contributed by atoms with Crippen LogP contribution in [0.4, 0.5) is 13.2 Å². The number of aromatic nitrogens is 4. The molecule has 0 radical (unpaired) electrons. The third-order valence-electron chi connectivity index (χ3n) is 5.51. The van der Waals surface area contributed by atoms with Crippen LogP contribution in [0.3, 0.4) is 0 Å². The first-order valence-electron chi connectivity index (χ1n) is 10.3. The highest BCUT2D eigenvalue weighted by molar-refractivity contribution is 5.95. The summed E-state index contributed by atoms with van der Waals surface area (Å²) in [6.07, 6.45) is 0.752. The van der Waals surface area contributed by atoms with E-state index in [0.29, 0.717) is 11.2 Å². The first-order chi connectivity index (χ1) is 15.9. The van der Waals surface area contributed by atoms with E-state index >= 15 is 0 Å². The lowest BCUT2D eigenvalue weighted by Gasteiger charge is -2.38. The molecule has 4 aromatic rings. The van der Waals surface area contributed by atoms with Crippen molar-refractivity contribution in [3.63, 3.8) is 0 Å². The standard InChI is InChI=1S/C23H18F3N5O2/c24-17-11-16(12-18(13-17)31-10-8-27-29-31)22(32)30-9-7-23(25,26)20(14-30)33-21-6-5-15-3-1-2-4-19(15)28-21/h1-6,8,10-13,20H,7,9,14H2. The second kappa shape index (κ2) is 8.19. The summed E-state index contributed by atoms with van der Waals surface area (Å²) in [6, 6.07) is 14.2. The summed E-state index contributed by atoms with van der Waals surface area (Å²) in [5.74, 6) is -4.34. The van der Waals surface area contributed by atoms with Gasteiger partial charge in [0.05, 0.1) is 30.1 Å². The van der Waals surface area contributed by atoms with Gasteiger partial charge in [0, 0.05) is 30.0 Å². The van der Waals surface area contributed by atoms with Crippen molar-refractivity contribution in [2.45, 2.75) is 18.4 Å². The molecule has 5 rings (SSSR count). The molecule has 0 N–H and O–H groups in total. The number of fused-ring (bicyclic) bond motifs is 1. The summed E-state index contributed by atoms with van der Waals surface area (Å²) in [4.78, 5) is 18.6. The van der Waals surface area contributed by atoms with Gasteiger partial charge < -0.3 is 9.64 Å². The van der Waals surface area contributed by atoms with Crippen molar-refractivity contribution in [2.24, 2.45) is 0 Å². The Labute approximate surface area is 186 Å². The van der Waals surface area contributed by atoms with Crippen LogP contribution in [0.25, 0.3) is 16.6 Å². The van der Waals surface area contributed by atoms with E-state index in [2.05, 4.69) is 15.3 Å². The first kappa shape index (κ1) is 20.9. The number of nitrogens with zero attached hydrogens (tertiary/aromatic N) is 5. The van der Waals surface area contributed by atoms with Crippen LogP contribution in [0.15, 0.2) is 67.0 Å². The van der Waals surface area contributed by atoms with Crippen LogP contribution < -0.4 is 4.74 Å². The number of amides is 1. The van der Waals surface area contributed by atoms with Gasteiger partial charge in [-0.3, -0.25) is 4.79 Å². The summed E-state index contributed by atoms with van der Waals surface area (Å²) in [6.45, 7) is -0.554. The summed E-state index contributed by atoms with van der Waals surface area (Å²) in [5, 5.41) is 8.31. The second-order valence-electron chi connectivity index (χ2n) is 7.76. The van der Waals surface area contributed by atoms with Crippen molar-refractivity contribution in [3.05, 3.63) is 78.4 Å². The third-order valence-corrected chi connectivity index (χ3v) is 5.51. The van der Waals surface area contributed by atoms with Gasteiger partial charge in [-0.05, 0) is 30.3 Å². The minimum Gasteiger partial charge on any atom is -0.466 e. The fourth-order valence-corrected chi connectivity index (χ4v) is 3.80. The molecule has 33 heavy (non-hydrogen) atoms. The fraction of sp³-hybridized carbons (Fsp3) is 0.217. The summed E-state index contributed by atoms with van der Waals surface area (Å²) < 4.78 is 50.3. The van der Waals surface area contributed by atoms with Gasteiger partial charge in [-0.15, -0.1) is 5.10 Å². The highest BCUT2D eigenvalue weighted by Crippen LogP contribution is 2.32. The number of rotatable bonds is 4. The number of alkyl halides is 2. The Morgan fingerprint density at radius 1 is 1.12 bits per heavy atom. The molecule has 168 valence electrons. The number of likely N-dealkylation sites (tertiary alicyclic amines) is 1. The van der Waals surface area contributed by atoms with Gasteiger partial charge in [0.2, 0.25) is 5.88 Å². The van der Waals surface area contributed by atoms with Crippen LogP contribution in [-0.4, -0.2) is 55.9 Å². The molecular formula is C23H18F3N5O2. The molecule has 0 saturated carbocycles. The minimum atomic E-state index is -3.15. The van der Waals surface area contributed by atoms with Crippen LogP contribution >= 0.6 is 0 Å². The maximum Gasteiger partial charge on any atom is 0.287 e. The van der Waals surface area contributed by atoms with Crippen LogP contribution in [-0.2, 0) is 0 Å². The average Bonchev–Trinajstić information content (AvgIpc) is 3.35. The van der Waals surface area contributed by atoms with Crippen molar-refractivity contribution >= 4 is 16.8 Å². The molecule has 1 saturated heterocycles. The number of carbonyl (C=O) groups is 1. The van der Waals surface area contributed by atoms with Crippen LogP contribution in [0.2, 0.25) is 0 Å². The molecule has 1 unspecified atom stereocenters. The number of carbonyl (C=O) groups excluding carboxylic acids is 1. The third kappa shape index (κ3) is 4.23. The number of para-hydroxylation sites is 1. The highest BCUT2D eigenvalue weighted by Gasteiger charge is 2.47. The summed E-state index contributed by atoms with van der Waals surface area (Å²) >= 11 is 0. The number of benzene rings is 2. The predicted molar refractivity (Wildman–Crippen MR) is 113 cm³/mol. The Morgan fingerprint density at radius 2 is 1.97 bits per heavy atom. The Balaban J connectivity index is 1.38. The largest absolute Gasteiger partial charge is 0.466 e. The van der Waals surface area contributed by atoms with Gasteiger partial charge in [0.1, 0.15) is 5.82 Å². The lowest BCUT2D eigenvalue weighted by molar-refractivity contribution is -0.131. The topological polar surface area (TPSA) is 73.1 Å². The molecule has 1 amide bonds. The Hall–Kier alpha value is -3.95. The number of hydrogen-bond acceptors (Lipinski definition) is 5. The van der Waals surface area contributed by atoms with Gasteiger partial charge in [-0.25, -0.2) is 22.8 Å². The molecule has 7 nitrogen and oxygen atoms in total. The van der Waals surface area contributed by atoms with E-state index in [0.717, 1.165) is 11.5 Å². The number of piperidine rings is 1. The van der Waals surface area contributed by atoms with Gasteiger partial charge in [0.25, 0.3) is 11.8 Å². The molecule has 0 spiro atoms. The number of ether oxygens (including phenoxy) is 1. The Kier molecular flexibility index (Phi) is 5.20. The van der Waals surface area contributed by atoms with Gasteiger partial charge in [0.15, 0.2) is 6.10 Å². The second-order valence-corrected chi connectivity index (χ2v) is 7.76. The van der Waals surface area contributed by atoms with Crippen molar-refractivity contribution < 1.29 is 22.7 Å². The summed E-state index contributed by atoms with van der Waals surface area (Å²) in [5.41, 5.74) is 0.933. The molecule has 3 heterocycles. The SMILES string of the molecule is O=C(c1cc(F)cc(-n2ccnn2)c1)N1CCC(F)(F)C(Oc2ccc3ccccc3n2)C1.